The largest absolute Gasteiger partial charge is 0.461 e. The lowest BCUT2D eigenvalue weighted by molar-refractivity contribution is 0.455. The summed E-state index contributed by atoms with van der Waals surface area (Å²) in [6.07, 6.45) is 0.790. The quantitative estimate of drug-likeness (QED) is 0.474. The van der Waals surface area contributed by atoms with Crippen LogP contribution in [0.2, 0.25) is 0 Å². The molecule has 0 radical (unpaired) electrons. The van der Waals surface area contributed by atoms with E-state index >= 15 is 0 Å². The maximum Gasteiger partial charge on any atom is 0.191 e. The highest BCUT2D eigenvalue weighted by molar-refractivity contribution is 14.0. The van der Waals surface area contributed by atoms with Crippen LogP contribution in [0.3, 0.4) is 0 Å². The van der Waals surface area contributed by atoms with E-state index in [4.69, 9.17) is 10.2 Å². The number of para-hydroxylation sites is 1. The Kier molecular flexibility index (Phi) is 6.22. The van der Waals surface area contributed by atoms with Crippen molar-refractivity contribution in [3.63, 3.8) is 0 Å². The summed E-state index contributed by atoms with van der Waals surface area (Å²) in [4.78, 5) is 6.63. The molecule has 1 aliphatic rings. The summed E-state index contributed by atoms with van der Waals surface area (Å²) in [5, 5.41) is 1.15. The van der Waals surface area contributed by atoms with E-state index in [1.807, 2.05) is 30.0 Å². The van der Waals surface area contributed by atoms with E-state index < -0.39 is 0 Å². The Morgan fingerprint density at radius 3 is 2.81 bits per heavy atom. The number of nitrogens with two attached hydrogens (primary N) is 1. The third kappa shape index (κ3) is 4.29. The highest BCUT2D eigenvalue weighted by atomic mass is 127. The molecule has 6 heteroatoms. The first kappa shape index (κ1) is 16.5. The third-order valence-electron chi connectivity index (χ3n) is 3.44. The van der Waals surface area contributed by atoms with Crippen molar-refractivity contribution in [3.05, 3.63) is 36.1 Å². The van der Waals surface area contributed by atoms with Crippen LogP contribution >= 0.6 is 35.7 Å². The summed E-state index contributed by atoms with van der Waals surface area (Å²) in [5.74, 6) is 3.91. The van der Waals surface area contributed by atoms with Crippen LogP contribution in [0.4, 0.5) is 0 Å². The molecule has 3 rings (SSSR count). The van der Waals surface area contributed by atoms with Gasteiger partial charge in [0, 0.05) is 42.9 Å². The third-order valence-corrected chi connectivity index (χ3v) is 4.39. The first-order valence-electron chi connectivity index (χ1n) is 6.93. The van der Waals surface area contributed by atoms with E-state index in [0.717, 1.165) is 47.7 Å². The molecule has 1 fully saturated rings. The maximum atomic E-state index is 6.02. The van der Waals surface area contributed by atoms with Crippen molar-refractivity contribution in [3.8, 4) is 0 Å². The van der Waals surface area contributed by atoms with Gasteiger partial charge in [-0.2, -0.15) is 11.8 Å². The number of nitrogens with zero attached hydrogens (tertiary/aromatic N) is 2. The zero-order valence-corrected chi connectivity index (χ0v) is 15.0. The van der Waals surface area contributed by atoms with Crippen LogP contribution in [0.15, 0.2) is 39.7 Å². The molecule has 0 saturated carbocycles. The molecule has 1 aliphatic heterocycles. The smallest absolute Gasteiger partial charge is 0.191 e. The number of aliphatic imine (C=N–C) groups is 1. The first-order chi connectivity index (χ1) is 9.83. The van der Waals surface area contributed by atoms with Crippen molar-refractivity contribution in [2.24, 2.45) is 10.7 Å². The van der Waals surface area contributed by atoms with Crippen LogP contribution in [0.5, 0.6) is 0 Å². The Hall–Kier alpha value is -0.890. The number of hydrogen-bond donors (Lipinski definition) is 1. The van der Waals surface area contributed by atoms with Crippen molar-refractivity contribution in [1.29, 1.82) is 0 Å². The minimum atomic E-state index is 0. The summed E-state index contributed by atoms with van der Waals surface area (Å²) in [7, 11) is 0. The van der Waals surface area contributed by atoms with E-state index in [-0.39, 0.29) is 24.0 Å². The first-order valence-corrected chi connectivity index (χ1v) is 8.08. The highest BCUT2D eigenvalue weighted by Gasteiger charge is 2.11. The summed E-state index contributed by atoms with van der Waals surface area (Å²) in [6, 6.07) is 10.1. The summed E-state index contributed by atoms with van der Waals surface area (Å²) < 4.78 is 5.77. The average molecular weight is 417 g/mol. The molecule has 2 N–H and O–H groups in total. The van der Waals surface area contributed by atoms with Gasteiger partial charge in [0.25, 0.3) is 0 Å². The van der Waals surface area contributed by atoms with Crippen LogP contribution in [-0.4, -0.2) is 42.0 Å². The second-order valence-electron chi connectivity index (χ2n) is 4.84. The van der Waals surface area contributed by atoms with Gasteiger partial charge in [0.2, 0.25) is 0 Å². The fourth-order valence-electron chi connectivity index (χ4n) is 2.33. The van der Waals surface area contributed by atoms with Crippen LogP contribution < -0.4 is 5.73 Å². The van der Waals surface area contributed by atoms with Gasteiger partial charge in [-0.1, -0.05) is 18.2 Å². The second-order valence-corrected chi connectivity index (χ2v) is 6.06. The van der Waals surface area contributed by atoms with Gasteiger partial charge in [-0.15, -0.1) is 24.0 Å². The van der Waals surface area contributed by atoms with E-state index in [2.05, 4.69) is 22.0 Å². The number of benzene rings is 1. The fraction of sp³-hybridized carbons (Fsp3) is 0.400. The predicted molar refractivity (Wildman–Crippen MR) is 101 cm³/mol. The van der Waals surface area contributed by atoms with Crippen molar-refractivity contribution in [2.75, 3.05) is 31.1 Å². The van der Waals surface area contributed by atoms with Crippen molar-refractivity contribution >= 4 is 52.7 Å². The number of hydrogen-bond acceptors (Lipinski definition) is 3. The highest BCUT2D eigenvalue weighted by Crippen LogP contribution is 2.19. The summed E-state index contributed by atoms with van der Waals surface area (Å²) >= 11 is 1.97. The second kappa shape index (κ2) is 7.93. The van der Waals surface area contributed by atoms with Gasteiger partial charge < -0.3 is 15.1 Å². The van der Waals surface area contributed by atoms with Gasteiger partial charge in [-0.05, 0) is 12.1 Å². The molecule has 21 heavy (non-hydrogen) atoms. The molecular formula is C15H20IN3OS. The number of fused-ring (bicyclic) bond motifs is 1. The Bertz CT molecular complexity index is 575. The Morgan fingerprint density at radius 2 is 2.05 bits per heavy atom. The zero-order valence-electron chi connectivity index (χ0n) is 11.8. The van der Waals surface area contributed by atoms with Gasteiger partial charge in [0.05, 0.1) is 0 Å². The molecule has 0 atom stereocenters. The van der Waals surface area contributed by atoms with E-state index in [0.29, 0.717) is 12.5 Å². The summed E-state index contributed by atoms with van der Waals surface area (Å²) in [5.41, 5.74) is 6.96. The lowest BCUT2D eigenvalue weighted by atomic mass is 10.2. The zero-order chi connectivity index (χ0) is 13.8. The average Bonchev–Trinajstić information content (AvgIpc) is 2.90. The number of guanidine groups is 1. The number of thioether (sulfide) groups is 1. The minimum absolute atomic E-state index is 0. The molecule has 1 saturated heterocycles. The molecule has 0 unspecified atom stereocenters. The Labute approximate surface area is 146 Å². The van der Waals surface area contributed by atoms with Gasteiger partial charge >= 0.3 is 0 Å². The van der Waals surface area contributed by atoms with Crippen LogP contribution in [0.25, 0.3) is 11.0 Å². The van der Waals surface area contributed by atoms with E-state index in [1.165, 1.54) is 0 Å². The molecule has 0 spiro atoms. The monoisotopic (exact) mass is 417 g/mol. The Balaban J connectivity index is 0.00000161. The molecule has 1 aromatic heterocycles. The van der Waals surface area contributed by atoms with Gasteiger partial charge in [0.1, 0.15) is 11.3 Å². The predicted octanol–water partition coefficient (Wildman–Crippen LogP) is 2.96. The van der Waals surface area contributed by atoms with Gasteiger partial charge in [0.15, 0.2) is 5.96 Å². The molecule has 2 heterocycles. The lowest BCUT2D eigenvalue weighted by Crippen LogP contribution is -2.42. The molecule has 4 nitrogen and oxygen atoms in total. The normalized spacial score (nSPS) is 16.0. The van der Waals surface area contributed by atoms with Gasteiger partial charge in [-0.25, -0.2) is 0 Å². The maximum absolute atomic E-state index is 6.02. The minimum Gasteiger partial charge on any atom is -0.461 e. The van der Waals surface area contributed by atoms with Crippen LogP contribution in [-0.2, 0) is 6.42 Å². The standard InChI is InChI=1S/C15H19N3OS.HI/c16-15(18-7-9-20-10-8-18)17-6-5-13-11-12-3-1-2-4-14(12)19-13;/h1-4,11H,5-10H2,(H2,16,17);1H. The Morgan fingerprint density at radius 1 is 1.29 bits per heavy atom. The van der Waals surface area contributed by atoms with Crippen LogP contribution in [0, 0.1) is 0 Å². The molecule has 0 aliphatic carbocycles. The van der Waals surface area contributed by atoms with Gasteiger partial charge in [-0.3, -0.25) is 4.99 Å². The van der Waals surface area contributed by atoms with Crippen LogP contribution in [0.1, 0.15) is 5.76 Å². The number of furan rings is 1. The van der Waals surface area contributed by atoms with Crippen molar-refractivity contribution in [1.82, 2.24) is 4.90 Å². The fourth-order valence-corrected chi connectivity index (χ4v) is 3.24. The molecule has 0 bridgehead atoms. The number of halogens is 1. The molecular weight excluding hydrogens is 397 g/mol. The summed E-state index contributed by atoms with van der Waals surface area (Å²) in [6.45, 7) is 2.69. The van der Waals surface area contributed by atoms with E-state index in [9.17, 15) is 0 Å². The molecule has 114 valence electrons. The lowest BCUT2D eigenvalue weighted by Gasteiger charge is -2.27. The SMILES string of the molecule is I.NC(=NCCc1cc2ccccc2o1)N1CCSCC1. The van der Waals surface area contributed by atoms with Crippen molar-refractivity contribution < 1.29 is 4.42 Å². The number of rotatable bonds is 3. The van der Waals surface area contributed by atoms with E-state index in [1.54, 1.807) is 0 Å². The molecule has 2 aromatic rings. The molecule has 1 aromatic carbocycles. The topological polar surface area (TPSA) is 54.8 Å². The molecule has 0 amide bonds. The van der Waals surface area contributed by atoms with Crippen molar-refractivity contribution in [2.45, 2.75) is 6.42 Å².